The highest BCUT2D eigenvalue weighted by atomic mass is 35.5. The van der Waals surface area contributed by atoms with Gasteiger partial charge in [0.25, 0.3) is 0 Å². The lowest BCUT2D eigenvalue weighted by Gasteiger charge is -2.11. The van der Waals surface area contributed by atoms with Gasteiger partial charge in [0.15, 0.2) is 0 Å². The molecule has 2 rings (SSSR count). The molecule has 0 amide bonds. The van der Waals surface area contributed by atoms with Gasteiger partial charge >= 0.3 is 0 Å². The van der Waals surface area contributed by atoms with Crippen LogP contribution in [0.15, 0.2) is 17.3 Å². The van der Waals surface area contributed by atoms with Crippen LogP contribution >= 0.6 is 11.6 Å². The van der Waals surface area contributed by atoms with Crippen LogP contribution in [0.2, 0.25) is 0 Å². The summed E-state index contributed by atoms with van der Waals surface area (Å²) in [5.74, 6) is 0. The van der Waals surface area contributed by atoms with E-state index in [1.165, 1.54) is 11.3 Å². The SMILES string of the molecule is CCn1ccc2c1C=C(Cl)CC2. The van der Waals surface area contributed by atoms with Gasteiger partial charge < -0.3 is 4.57 Å². The van der Waals surface area contributed by atoms with Crippen molar-refractivity contribution in [1.29, 1.82) is 0 Å². The number of fused-ring (bicyclic) bond motifs is 1. The van der Waals surface area contributed by atoms with Crippen LogP contribution in [0.5, 0.6) is 0 Å². The first-order valence-electron chi connectivity index (χ1n) is 4.35. The Morgan fingerprint density at radius 3 is 3.08 bits per heavy atom. The Bertz CT molecular complexity index is 323. The molecule has 1 heterocycles. The van der Waals surface area contributed by atoms with E-state index in [4.69, 9.17) is 11.6 Å². The summed E-state index contributed by atoms with van der Waals surface area (Å²) in [5.41, 5.74) is 2.73. The van der Waals surface area contributed by atoms with Crippen molar-refractivity contribution >= 4 is 17.7 Å². The molecule has 1 aliphatic carbocycles. The molecule has 0 atom stereocenters. The standard InChI is InChI=1S/C10H12ClN/c1-2-12-6-5-8-3-4-9(11)7-10(8)12/h5-7H,2-4H2,1H3. The first kappa shape index (κ1) is 7.93. The first-order valence-corrected chi connectivity index (χ1v) is 4.73. The Hall–Kier alpha value is -0.690. The lowest BCUT2D eigenvalue weighted by atomic mass is 10.0. The van der Waals surface area contributed by atoms with Crippen LogP contribution in [-0.4, -0.2) is 4.57 Å². The van der Waals surface area contributed by atoms with Crippen molar-refractivity contribution in [3.63, 3.8) is 0 Å². The van der Waals surface area contributed by atoms with Crippen molar-refractivity contribution in [2.24, 2.45) is 0 Å². The Morgan fingerprint density at radius 2 is 2.33 bits per heavy atom. The number of nitrogens with zero attached hydrogens (tertiary/aromatic N) is 1. The lowest BCUT2D eigenvalue weighted by molar-refractivity contribution is 0.752. The molecule has 0 spiro atoms. The molecule has 1 aromatic heterocycles. The summed E-state index contributed by atoms with van der Waals surface area (Å²) < 4.78 is 2.23. The summed E-state index contributed by atoms with van der Waals surface area (Å²) in [4.78, 5) is 0. The van der Waals surface area contributed by atoms with E-state index >= 15 is 0 Å². The van der Waals surface area contributed by atoms with Crippen molar-refractivity contribution in [2.75, 3.05) is 0 Å². The van der Waals surface area contributed by atoms with Gasteiger partial charge in [-0.1, -0.05) is 11.6 Å². The Labute approximate surface area is 77.6 Å². The van der Waals surface area contributed by atoms with Crippen molar-refractivity contribution in [1.82, 2.24) is 4.57 Å². The Kier molecular flexibility index (Phi) is 1.97. The monoisotopic (exact) mass is 181 g/mol. The van der Waals surface area contributed by atoms with E-state index in [1.807, 2.05) is 0 Å². The summed E-state index contributed by atoms with van der Waals surface area (Å²) in [7, 11) is 0. The summed E-state index contributed by atoms with van der Waals surface area (Å²) in [6, 6.07) is 2.19. The van der Waals surface area contributed by atoms with Gasteiger partial charge in [0.1, 0.15) is 0 Å². The fourth-order valence-corrected chi connectivity index (χ4v) is 1.87. The highest BCUT2D eigenvalue weighted by molar-refractivity contribution is 6.31. The van der Waals surface area contributed by atoms with Gasteiger partial charge in [-0.05, 0) is 37.5 Å². The highest BCUT2D eigenvalue weighted by Gasteiger charge is 2.11. The molecule has 0 N–H and O–H groups in total. The molecule has 64 valence electrons. The third-order valence-corrected chi connectivity index (χ3v) is 2.66. The van der Waals surface area contributed by atoms with Gasteiger partial charge in [0.2, 0.25) is 0 Å². The molecule has 0 saturated carbocycles. The first-order chi connectivity index (χ1) is 5.81. The van der Waals surface area contributed by atoms with Crippen LogP contribution in [0.25, 0.3) is 6.08 Å². The maximum absolute atomic E-state index is 5.98. The molecule has 1 aromatic rings. The molecule has 1 nitrogen and oxygen atoms in total. The van der Waals surface area contributed by atoms with E-state index < -0.39 is 0 Å². The summed E-state index contributed by atoms with van der Waals surface area (Å²) in [6.45, 7) is 3.17. The molecule has 0 bridgehead atoms. The van der Waals surface area contributed by atoms with Crippen LogP contribution in [0, 0.1) is 0 Å². The molecule has 0 aromatic carbocycles. The van der Waals surface area contributed by atoms with Gasteiger partial charge in [0.05, 0.1) is 0 Å². The maximum Gasteiger partial charge on any atom is 0.0450 e. The van der Waals surface area contributed by atoms with E-state index in [1.54, 1.807) is 0 Å². The number of hydrogen-bond acceptors (Lipinski definition) is 0. The number of rotatable bonds is 1. The Balaban J connectivity index is 2.49. The zero-order valence-corrected chi connectivity index (χ0v) is 7.93. The average Bonchev–Trinajstić information content (AvgIpc) is 2.46. The number of halogens is 1. The van der Waals surface area contributed by atoms with E-state index in [-0.39, 0.29) is 0 Å². The zero-order valence-electron chi connectivity index (χ0n) is 7.18. The van der Waals surface area contributed by atoms with Crippen molar-refractivity contribution in [3.8, 4) is 0 Å². The van der Waals surface area contributed by atoms with Gasteiger partial charge in [-0.3, -0.25) is 0 Å². The molecule has 0 radical (unpaired) electrons. The number of aryl methyl sites for hydroxylation is 2. The predicted molar refractivity (Wildman–Crippen MR) is 52.3 cm³/mol. The van der Waals surface area contributed by atoms with E-state index in [0.717, 1.165) is 24.4 Å². The van der Waals surface area contributed by atoms with Gasteiger partial charge in [-0.2, -0.15) is 0 Å². The normalized spacial score (nSPS) is 15.7. The van der Waals surface area contributed by atoms with Crippen LogP contribution < -0.4 is 0 Å². The lowest BCUT2D eigenvalue weighted by Crippen LogP contribution is -2.00. The fourth-order valence-electron chi connectivity index (χ4n) is 1.67. The van der Waals surface area contributed by atoms with Gasteiger partial charge in [-0.25, -0.2) is 0 Å². The third kappa shape index (κ3) is 1.18. The van der Waals surface area contributed by atoms with E-state index in [9.17, 15) is 0 Å². The van der Waals surface area contributed by atoms with Crippen LogP contribution in [0.4, 0.5) is 0 Å². The maximum atomic E-state index is 5.98. The molecule has 1 aliphatic rings. The van der Waals surface area contributed by atoms with Crippen molar-refractivity contribution < 1.29 is 0 Å². The van der Waals surface area contributed by atoms with Crippen LogP contribution in [0.3, 0.4) is 0 Å². The molecule has 2 heteroatoms. The second-order valence-electron chi connectivity index (χ2n) is 3.10. The van der Waals surface area contributed by atoms with Gasteiger partial charge in [-0.15, -0.1) is 0 Å². The highest BCUT2D eigenvalue weighted by Crippen LogP contribution is 2.26. The molecule has 0 aliphatic heterocycles. The number of allylic oxidation sites excluding steroid dienone is 1. The average molecular weight is 182 g/mol. The molecule has 0 saturated heterocycles. The van der Waals surface area contributed by atoms with Crippen LogP contribution in [0.1, 0.15) is 24.6 Å². The van der Waals surface area contributed by atoms with Crippen LogP contribution in [-0.2, 0) is 13.0 Å². The molecule has 12 heavy (non-hydrogen) atoms. The zero-order chi connectivity index (χ0) is 8.55. The second kappa shape index (κ2) is 2.98. The van der Waals surface area contributed by atoms with E-state index in [2.05, 4.69) is 29.8 Å². The number of hydrogen-bond donors (Lipinski definition) is 0. The minimum absolute atomic E-state index is 0.982. The van der Waals surface area contributed by atoms with E-state index in [0.29, 0.717) is 0 Å². The smallest absolute Gasteiger partial charge is 0.0450 e. The summed E-state index contributed by atoms with van der Waals surface area (Å²) in [5, 5.41) is 0.982. The molecule has 0 unspecified atom stereocenters. The molecular formula is C10H12ClN. The molecular weight excluding hydrogens is 170 g/mol. The fraction of sp³-hybridized carbons (Fsp3) is 0.400. The van der Waals surface area contributed by atoms with Crippen molar-refractivity contribution in [3.05, 3.63) is 28.6 Å². The summed E-state index contributed by atoms with van der Waals surface area (Å²) >= 11 is 5.98. The molecule has 0 fully saturated rings. The Morgan fingerprint density at radius 1 is 1.50 bits per heavy atom. The predicted octanol–water partition coefficient (Wildman–Crippen LogP) is 3.03. The number of aromatic nitrogens is 1. The minimum atomic E-state index is 0.982. The largest absolute Gasteiger partial charge is 0.348 e. The quantitative estimate of drug-likeness (QED) is 0.628. The third-order valence-electron chi connectivity index (χ3n) is 2.36. The summed E-state index contributed by atoms with van der Waals surface area (Å²) in [6.07, 6.45) is 6.32. The van der Waals surface area contributed by atoms with Crippen molar-refractivity contribution in [2.45, 2.75) is 26.3 Å². The topological polar surface area (TPSA) is 4.93 Å². The second-order valence-corrected chi connectivity index (χ2v) is 3.59. The van der Waals surface area contributed by atoms with Gasteiger partial charge in [0, 0.05) is 23.5 Å². The minimum Gasteiger partial charge on any atom is -0.348 e.